The maximum Gasteiger partial charge on any atom is 0.407 e. The van der Waals surface area contributed by atoms with E-state index in [2.05, 4.69) is 36.5 Å². The summed E-state index contributed by atoms with van der Waals surface area (Å²) in [4.78, 5) is 12.1. The molecule has 0 aliphatic heterocycles. The summed E-state index contributed by atoms with van der Waals surface area (Å²) in [6.45, 7) is 5.40. The number of carbonyl (C=O) groups is 1. The molecule has 0 saturated heterocycles. The third kappa shape index (κ3) is 8.44. The van der Waals surface area contributed by atoms with E-state index in [-0.39, 0.29) is 5.92 Å². The van der Waals surface area contributed by atoms with Gasteiger partial charge in [-0.05, 0) is 28.7 Å². The zero-order valence-electron chi connectivity index (χ0n) is 20.7. The highest BCUT2D eigenvalue weighted by Crippen LogP contribution is 2.44. The van der Waals surface area contributed by atoms with Gasteiger partial charge in [0, 0.05) is 19.1 Å². The van der Waals surface area contributed by atoms with E-state index in [0.717, 1.165) is 13.0 Å². The van der Waals surface area contributed by atoms with Crippen molar-refractivity contribution in [2.45, 2.75) is 64.2 Å². The number of amides is 1. The van der Waals surface area contributed by atoms with Gasteiger partial charge in [-0.15, -0.1) is 0 Å². The minimum Gasteiger partial charge on any atom is -0.449 e. The molecule has 0 spiro atoms. The standard InChI is InChI=1S/C29H41NO4/c1-2-3-4-5-6-7-8-13-19-32-21-22-33-20-18-30-29(31)34-23-28-26-16-11-9-14-24(26)25-15-10-12-17-27(25)28/h9-12,14-17,28H,2-8,13,18-23H2,1H3,(H,30,31). The van der Waals surface area contributed by atoms with Crippen LogP contribution in [-0.2, 0) is 14.2 Å². The zero-order valence-corrected chi connectivity index (χ0v) is 20.7. The first-order valence-corrected chi connectivity index (χ1v) is 13.1. The zero-order chi connectivity index (χ0) is 23.8. The van der Waals surface area contributed by atoms with Gasteiger partial charge in [-0.2, -0.15) is 0 Å². The van der Waals surface area contributed by atoms with Gasteiger partial charge in [0.05, 0.1) is 19.8 Å². The maximum atomic E-state index is 12.1. The highest BCUT2D eigenvalue weighted by atomic mass is 16.5. The van der Waals surface area contributed by atoms with Crippen molar-refractivity contribution in [1.82, 2.24) is 5.32 Å². The van der Waals surface area contributed by atoms with E-state index in [1.165, 1.54) is 67.2 Å². The molecular weight excluding hydrogens is 426 g/mol. The van der Waals surface area contributed by atoms with E-state index in [4.69, 9.17) is 14.2 Å². The number of hydrogen-bond donors (Lipinski definition) is 1. The van der Waals surface area contributed by atoms with E-state index in [0.29, 0.717) is 33.0 Å². The normalized spacial score (nSPS) is 12.4. The van der Waals surface area contributed by atoms with Gasteiger partial charge in [-0.3, -0.25) is 0 Å². The van der Waals surface area contributed by atoms with E-state index < -0.39 is 6.09 Å². The van der Waals surface area contributed by atoms with Crippen molar-refractivity contribution >= 4 is 6.09 Å². The molecule has 0 saturated carbocycles. The van der Waals surface area contributed by atoms with Gasteiger partial charge in [0.1, 0.15) is 6.61 Å². The average molecular weight is 468 g/mol. The Labute approximate surface area is 205 Å². The minimum atomic E-state index is -0.406. The summed E-state index contributed by atoms with van der Waals surface area (Å²) in [6, 6.07) is 16.7. The molecule has 0 aromatic heterocycles. The van der Waals surface area contributed by atoms with Gasteiger partial charge in [0.2, 0.25) is 0 Å². The van der Waals surface area contributed by atoms with E-state index in [9.17, 15) is 4.79 Å². The summed E-state index contributed by atoms with van der Waals surface area (Å²) >= 11 is 0. The fourth-order valence-corrected chi connectivity index (χ4v) is 4.53. The maximum absolute atomic E-state index is 12.1. The third-order valence-corrected chi connectivity index (χ3v) is 6.37. The number of ether oxygens (including phenoxy) is 3. The summed E-state index contributed by atoms with van der Waals surface area (Å²) in [5.41, 5.74) is 4.88. The second-order valence-electron chi connectivity index (χ2n) is 8.95. The van der Waals surface area contributed by atoms with Gasteiger partial charge in [-0.25, -0.2) is 4.79 Å². The number of fused-ring (bicyclic) bond motifs is 3. The second kappa shape index (κ2) is 15.5. The Morgan fingerprint density at radius 2 is 1.29 bits per heavy atom. The predicted molar refractivity (Wildman–Crippen MR) is 137 cm³/mol. The molecule has 0 bridgehead atoms. The van der Waals surface area contributed by atoms with Crippen LogP contribution in [0.1, 0.15) is 75.3 Å². The average Bonchev–Trinajstić information content (AvgIpc) is 3.19. The fraction of sp³-hybridized carbons (Fsp3) is 0.552. The fourth-order valence-electron chi connectivity index (χ4n) is 4.53. The van der Waals surface area contributed by atoms with Crippen LogP contribution in [0.2, 0.25) is 0 Å². The Morgan fingerprint density at radius 3 is 1.94 bits per heavy atom. The van der Waals surface area contributed by atoms with Crippen LogP contribution in [0, 0.1) is 0 Å². The minimum absolute atomic E-state index is 0.0765. The first-order valence-electron chi connectivity index (χ1n) is 13.1. The summed E-state index contributed by atoms with van der Waals surface area (Å²) in [6.07, 6.45) is 10.0. The van der Waals surface area contributed by atoms with Gasteiger partial charge in [0.15, 0.2) is 0 Å². The molecule has 0 atom stereocenters. The lowest BCUT2D eigenvalue weighted by Gasteiger charge is -2.14. The van der Waals surface area contributed by atoms with Gasteiger partial charge < -0.3 is 19.5 Å². The monoisotopic (exact) mass is 467 g/mol. The number of alkyl carbamates (subject to hydrolysis) is 1. The Balaban J connectivity index is 1.18. The lowest BCUT2D eigenvalue weighted by Crippen LogP contribution is -2.29. The van der Waals surface area contributed by atoms with Crippen LogP contribution < -0.4 is 5.32 Å². The third-order valence-electron chi connectivity index (χ3n) is 6.37. The number of benzene rings is 2. The molecule has 5 nitrogen and oxygen atoms in total. The smallest absolute Gasteiger partial charge is 0.407 e. The molecule has 2 aromatic rings. The van der Waals surface area contributed by atoms with Crippen LogP contribution in [0.4, 0.5) is 4.79 Å². The van der Waals surface area contributed by atoms with Crippen molar-refractivity contribution in [2.75, 3.05) is 39.6 Å². The molecule has 0 heterocycles. The molecule has 1 amide bonds. The van der Waals surface area contributed by atoms with Crippen molar-refractivity contribution in [2.24, 2.45) is 0 Å². The number of carbonyl (C=O) groups excluding carboxylic acids is 1. The molecule has 186 valence electrons. The molecule has 0 radical (unpaired) electrons. The Bertz CT molecular complexity index is 808. The number of unbranched alkanes of at least 4 members (excludes halogenated alkanes) is 7. The molecule has 1 aliphatic rings. The molecule has 2 aromatic carbocycles. The van der Waals surface area contributed by atoms with E-state index in [1.54, 1.807) is 0 Å². The molecule has 1 N–H and O–H groups in total. The van der Waals surface area contributed by atoms with Crippen LogP contribution in [0.5, 0.6) is 0 Å². The van der Waals surface area contributed by atoms with Gasteiger partial charge in [0.25, 0.3) is 0 Å². The number of hydrogen-bond acceptors (Lipinski definition) is 4. The van der Waals surface area contributed by atoms with Crippen molar-refractivity contribution in [3.63, 3.8) is 0 Å². The summed E-state index contributed by atoms with van der Waals surface area (Å²) in [5, 5.41) is 2.77. The molecule has 5 heteroatoms. The van der Waals surface area contributed by atoms with Crippen molar-refractivity contribution in [1.29, 1.82) is 0 Å². The largest absolute Gasteiger partial charge is 0.449 e. The Kier molecular flexibility index (Phi) is 12.0. The quantitative estimate of drug-likeness (QED) is 0.263. The predicted octanol–water partition coefficient (Wildman–Crippen LogP) is 6.70. The van der Waals surface area contributed by atoms with Crippen LogP contribution in [0.25, 0.3) is 11.1 Å². The molecular formula is C29H41NO4. The van der Waals surface area contributed by atoms with Crippen molar-refractivity contribution in [3.05, 3.63) is 59.7 Å². The van der Waals surface area contributed by atoms with Crippen LogP contribution >= 0.6 is 0 Å². The molecule has 1 aliphatic carbocycles. The Hall–Kier alpha value is -2.37. The lowest BCUT2D eigenvalue weighted by atomic mass is 9.98. The second-order valence-corrected chi connectivity index (χ2v) is 8.95. The molecule has 34 heavy (non-hydrogen) atoms. The lowest BCUT2D eigenvalue weighted by molar-refractivity contribution is 0.0468. The van der Waals surface area contributed by atoms with Crippen molar-refractivity contribution < 1.29 is 19.0 Å². The number of rotatable bonds is 17. The molecule has 0 unspecified atom stereocenters. The first-order chi connectivity index (χ1) is 16.8. The topological polar surface area (TPSA) is 56.8 Å². The van der Waals surface area contributed by atoms with Crippen LogP contribution in [-0.4, -0.2) is 45.7 Å². The van der Waals surface area contributed by atoms with E-state index in [1.807, 2.05) is 24.3 Å². The summed E-state index contributed by atoms with van der Waals surface area (Å²) in [7, 11) is 0. The first kappa shape index (κ1) is 26.2. The van der Waals surface area contributed by atoms with Gasteiger partial charge >= 0.3 is 6.09 Å². The summed E-state index contributed by atoms with van der Waals surface area (Å²) in [5.74, 6) is 0.0765. The van der Waals surface area contributed by atoms with Crippen LogP contribution in [0.15, 0.2) is 48.5 Å². The Morgan fingerprint density at radius 1 is 0.735 bits per heavy atom. The SMILES string of the molecule is CCCCCCCCCCOCCOCCNC(=O)OCC1c2ccccc2-c2ccccc21. The van der Waals surface area contributed by atoms with E-state index >= 15 is 0 Å². The highest BCUT2D eigenvalue weighted by Gasteiger charge is 2.28. The van der Waals surface area contributed by atoms with Crippen molar-refractivity contribution in [3.8, 4) is 11.1 Å². The van der Waals surface area contributed by atoms with Gasteiger partial charge in [-0.1, -0.05) is 100 Å². The molecule has 3 rings (SSSR count). The van der Waals surface area contributed by atoms with Crippen LogP contribution in [0.3, 0.4) is 0 Å². The molecule has 0 fully saturated rings. The summed E-state index contributed by atoms with van der Waals surface area (Å²) < 4.78 is 16.7. The number of nitrogens with one attached hydrogen (secondary N) is 1. The highest BCUT2D eigenvalue weighted by molar-refractivity contribution is 5.79.